The Hall–Kier alpha value is -2.70. The van der Waals surface area contributed by atoms with Gasteiger partial charge in [-0.1, -0.05) is 17.7 Å². The fourth-order valence-electron chi connectivity index (χ4n) is 3.64. The molecule has 12 heteroatoms. The number of piperazine rings is 1. The molecule has 1 aromatic carbocycles. The monoisotopic (exact) mass is 499 g/mol. The summed E-state index contributed by atoms with van der Waals surface area (Å²) in [7, 11) is -2.57. The Bertz CT molecular complexity index is 1300. The summed E-state index contributed by atoms with van der Waals surface area (Å²) in [6, 6.07) is 7.44. The highest BCUT2D eigenvalue weighted by Crippen LogP contribution is 2.40. The number of sulfonamides is 1. The predicted molar refractivity (Wildman–Crippen MR) is 118 cm³/mol. The summed E-state index contributed by atoms with van der Waals surface area (Å²) >= 11 is 0.779. The summed E-state index contributed by atoms with van der Waals surface area (Å²) in [5.41, 5.74) is -0.0744. The Morgan fingerprint density at radius 3 is 2.33 bits per heavy atom. The van der Waals surface area contributed by atoms with Crippen LogP contribution in [0.1, 0.15) is 21.5 Å². The van der Waals surface area contributed by atoms with Crippen molar-refractivity contribution >= 4 is 43.4 Å². The maximum atomic E-state index is 13.7. The van der Waals surface area contributed by atoms with Gasteiger partial charge in [0.25, 0.3) is 0 Å². The Balaban J connectivity index is 1.64. The van der Waals surface area contributed by atoms with E-state index in [1.807, 2.05) is 6.92 Å². The van der Waals surface area contributed by atoms with E-state index in [2.05, 4.69) is 9.72 Å². The molecule has 1 aliphatic heterocycles. The second kappa shape index (κ2) is 8.58. The summed E-state index contributed by atoms with van der Waals surface area (Å²) in [5, 5.41) is 1.30. The standard InChI is InChI=1S/C21H20F3N3O4S2/c1-13-3-5-14(6-4-13)33(29,30)27-9-7-26(8-10-27)17-11-16(21(22,23)24)19-18(25-17)15(12-32-19)20(28)31-2/h3-6,11-12H,7-10H2,1-2H3. The number of hydrogen-bond acceptors (Lipinski definition) is 7. The van der Waals surface area contributed by atoms with Crippen molar-refractivity contribution in [1.29, 1.82) is 0 Å². The fourth-order valence-corrected chi connectivity index (χ4v) is 6.07. The van der Waals surface area contributed by atoms with E-state index in [4.69, 9.17) is 0 Å². The minimum Gasteiger partial charge on any atom is -0.465 e. The zero-order valence-electron chi connectivity index (χ0n) is 17.7. The van der Waals surface area contributed by atoms with Crippen LogP contribution in [0, 0.1) is 6.92 Å². The van der Waals surface area contributed by atoms with Crippen molar-refractivity contribution in [2.45, 2.75) is 18.0 Å². The predicted octanol–water partition coefficient (Wildman–Crippen LogP) is 3.92. The van der Waals surface area contributed by atoms with Gasteiger partial charge in [-0.3, -0.25) is 0 Å². The first-order chi connectivity index (χ1) is 15.5. The molecule has 0 saturated carbocycles. The molecule has 0 amide bonds. The zero-order chi connectivity index (χ0) is 24.0. The number of nitrogens with zero attached hydrogens (tertiary/aromatic N) is 3. The number of thiophene rings is 1. The third-order valence-electron chi connectivity index (χ3n) is 5.44. The lowest BCUT2D eigenvalue weighted by Crippen LogP contribution is -2.49. The van der Waals surface area contributed by atoms with E-state index in [0.29, 0.717) is 0 Å². The zero-order valence-corrected chi connectivity index (χ0v) is 19.4. The number of aryl methyl sites for hydroxylation is 1. The number of alkyl halides is 3. The van der Waals surface area contributed by atoms with Crippen molar-refractivity contribution in [3.05, 3.63) is 52.4 Å². The Morgan fingerprint density at radius 2 is 1.76 bits per heavy atom. The molecule has 0 N–H and O–H groups in total. The van der Waals surface area contributed by atoms with Gasteiger partial charge in [0, 0.05) is 31.6 Å². The summed E-state index contributed by atoms with van der Waals surface area (Å²) in [5.74, 6) is -0.737. The fraction of sp³-hybridized carbons (Fsp3) is 0.333. The highest BCUT2D eigenvalue weighted by Gasteiger charge is 2.37. The third-order valence-corrected chi connectivity index (χ3v) is 8.36. The minimum absolute atomic E-state index is 0.0331. The van der Waals surface area contributed by atoms with Crippen LogP contribution in [-0.4, -0.2) is 57.0 Å². The van der Waals surface area contributed by atoms with Gasteiger partial charge >= 0.3 is 12.1 Å². The molecule has 1 aliphatic rings. The van der Waals surface area contributed by atoms with Crippen molar-refractivity contribution in [1.82, 2.24) is 9.29 Å². The molecule has 4 rings (SSSR count). The van der Waals surface area contributed by atoms with Gasteiger partial charge in [-0.05, 0) is 25.1 Å². The number of rotatable bonds is 4. The Morgan fingerprint density at radius 1 is 1.12 bits per heavy atom. The summed E-state index contributed by atoms with van der Waals surface area (Å²) in [6.07, 6.45) is -4.65. The van der Waals surface area contributed by atoms with Crippen LogP contribution in [0.25, 0.3) is 10.2 Å². The quantitative estimate of drug-likeness (QED) is 0.507. The van der Waals surface area contributed by atoms with Gasteiger partial charge in [0.15, 0.2) is 0 Å². The number of halogens is 3. The number of hydrogen-bond donors (Lipinski definition) is 0. The molecule has 176 valence electrons. The van der Waals surface area contributed by atoms with Crippen molar-refractivity contribution in [2.75, 3.05) is 38.2 Å². The van der Waals surface area contributed by atoms with E-state index in [0.717, 1.165) is 30.1 Å². The van der Waals surface area contributed by atoms with Gasteiger partial charge in [0.1, 0.15) is 5.82 Å². The van der Waals surface area contributed by atoms with Crippen LogP contribution in [0.2, 0.25) is 0 Å². The molecule has 0 radical (unpaired) electrons. The van der Waals surface area contributed by atoms with Crippen LogP contribution in [0.5, 0.6) is 0 Å². The average Bonchev–Trinajstić information content (AvgIpc) is 3.21. The number of pyridine rings is 1. The number of carbonyl (C=O) groups excluding carboxylic acids is 1. The molecular formula is C21H20F3N3O4S2. The van der Waals surface area contributed by atoms with Gasteiger partial charge < -0.3 is 9.64 Å². The topological polar surface area (TPSA) is 79.8 Å². The first kappa shape index (κ1) is 23.5. The van der Waals surface area contributed by atoms with E-state index in [1.165, 1.54) is 21.8 Å². The number of anilines is 1. The van der Waals surface area contributed by atoms with Crippen LogP contribution in [0.4, 0.5) is 19.0 Å². The third kappa shape index (κ3) is 4.42. The molecule has 0 bridgehead atoms. The second-order valence-electron chi connectivity index (χ2n) is 7.55. The van der Waals surface area contributed by atoms with Crippen LogP contribution in [0.15, 0.2) is 40.6 Å². The highest BCUT2D eigenvalue weighted by molar-refractivity contribution is 7.89. The molecule has 1 fully saturated rings. The summed E-state index contributed by atoms with van der Waals surface area (Å²) < 4.78 is 72.9. The minimum atomic E-state index is -4.65. The van der Waals surface area contributed by atoms with Gasteiger partial charge in [0.05, 0.1) is 33.3 Å². The highest BCUT2D eigenvalue weighted by atomic mass is 32.2. The van der Waals surface area contributed by atoms with E-state index >= 15 is 0 Å². The van der Waals surface area contributed by atoms with Crippen LogP contribution in [0.3, 0.4) is 0 Å². The molecule has 0 spiro atoms. The molecule has 1 saturated heterocycles. The lowest BCUT2D eigenvalue weighted by atomic mass is 10.1. The number of benzene rings is 1. The molecule has 0 atom stereocenters. The number of fused-ring (bicyclic) bond motifs is 1. The van der Waals surface area contributed by atoms with Gasteiger partial charge in [0.2, 0.25) is 10.0 Å². The molecule has 33 heavy (non-hydrogen) atoms. The van der Waals surface area contributed by atoms with E-state index in [1.54, 1.807) is 17.0 Å². The average molecular weight is 500 g/mol. The lowest BCUT2D eigenvalue weighted by Gasteiger charge is -2.35. The normalized spacial score (nSPS) is 15.7. The summed E-state index contributed by atoms with van der Waals surface area (Å²) in [4.78, 5) is 18.1. The number of esters is 1. The maximum Gasteiger partial charge on any atom is 0.417 e. The maximum absolute atomic E-state index is 13.7. The van der Waals surface area contributed by atoms with Crippen molar-refractivity contribution in [3.8, 4) is 0 Å². The number of carbonyl (C=O) groups is 1. The molecule has 3 heterocycles. The summed E-state index contributed by atoms with van der Waals surface area (Å²) in [6.45, 7) is 2.33. The largest absolute Gasteiger partial charge is 0.465 e. The molecule has 2 aromatic heterocycles. The van der Waals surface area contributed by atoms with E-state index < -0.39 is 27.7 Å². The molecule has 3 aromatic rings. The molecular weight excluding hydrogens is 479 g/mol. The van der Waals surface area contributed by atoms with Crippen LogP contribution < -0.4 is 4.90 Å². The lowest BCUT2D eigenvalue weighted by molar-refractivity contribution is -0.136. The van der Waals surface area contributed by atoms with Crippen molar-refractivity contribution in [3.63, 3.8) is 0 Å². The van der Waals surface area contributed by atoms with E-state index in [-0.39, 0.29) is 52.7 Å². The van der Waals surface area contributed by atoms with Gasteiger partial charge in [-0.25, -0.2) is 18.2 Å². The second-order valence-corrected chi connectivity index (χ2v) is 10.4. The SMILES string of the molecule is COC(=O)c1csc2c(C(F)(F)F)cc(N3CCN(S(=O)(=O)c4ccc(C)cc4)CC3)nc12. The first-order valence-corrected chi connectivity index (χ1v) is 12.2. The Labute approximate surface area is 192 Å². The van der Waals surface area contributed by atoms with Crippen LogP contribution >= 0.6 is 11.3 Å². The van der Waals surface area contributed by atoms with E-state index in [9.17, 15) is 26.4 Å². The van der Waals surface area contributed by atoms with Gasteiger partial charge in [-0.2, -0.15) is 17.5 Å². The van der Waals surface area contributed by atoms with Crippen molar-refractivity contribution in [2.24, 2.45) is 0 Å². The van der Waals surface area contributed by atoms with Crippen molar-refractivity contribution < 1.29 is 31.1 Å². The van der Waals surface area contributed by atoms with Crippen LogP contribution in [-0.2, 0) is 20.9 Å². The molecule has 0 aliphatic carbocycles. The first-order valence-electron chi connectivity index (χ1n) is 9.92. The number of methoxy groups -OCH3 is 1. The smallest absolute Gasteiger partial charge is 0.417 e. The number of aromatic nitrogens is 1. The Kier molecular flexibility index (Phi) is 6.10. The van der Waals surface area contributed by atoms with Gasteiger partial charge in [-0.15, -0.1) is 11.3 Å². The number of ether oxygens (including phenoxy) is 1. The molecule has 0 unspecified atom stereocenters. The molecule has 7 nitrogen and oxygen atoms in total.